The van der Waals surface area contributed by atoms with Gasteiger partial charge in [0.05, 0.1) is 11.4 Å². The van der Waals surface area contributed by atoms with Crippen LogP contribution in [0.5, 0.6) is 0 Å². The first-order chi connectivity index (χ1) is 12.3. The lowest BCUT2D eigenvalue weighted by Gasteiger charge is -2.37. The second kappa shape index (κ2) is 7.37. The Morgan fingerprint density at radius 3 is 2.58 bits per heavy atom. The van der Waals surface area contributed by atoms with Gasteiger partial charge in [-0.2, -0.15) is 4.31 Å². The smallest absolute Gasteiger partial charge is 0.307 e. The van der Waals surface area contributed by atoms with Crippen LogP contribution in [-0.2, 0) is 19.6 Å². The lowest BCUT2D eigenvalue weighted by molar-refractivity contribution is -0.137. The number of ether oxygens (including phenoxy) is 1. The molecule has 0 fully saturated rings. The Morgan fingerprint density at radius 1 is 1.27 bits per heavy atom. The molecule has 0 radical (unpaired) electrons. The molecular formula is C20H25NO4S. The summed E-state index contributed by atoms with van der Waals surface area (Å²) in [6.07, 6.45) is 4.81. The Morgan fingerprint density at radius 2 is 1.96 bits per heavy atom. The summed E-state index contributed by atoms with van der Waals surface area (Å²) < 4.78 is 33.1. The molecule has 5 nitrogen and oxygen atoms in total. The van der Waals surface area contributed by atoms with Gasteiger partial charge in [0.25, 0.3) is 0 Å². The second-order valence-electron chi connectivity index (χ2n) is 6.90. The average molecular weight is 375 g/mol. The highest BCUT2D eigenvalue weighted by Crippen LogP contribution is 2.39. The van der Waals surface area contributed by atoms with E-state index in [2.05, 4.69) is 13.0 Å². The van der Waals surface area contributed by atoms with Crippen molar-refractivity contribution >= 4 is 16.0 Å². The standard InChI is InChI=1S/C20H25NO4S/c1-4-16-6-5-7-17-12-21(13-19(20(16)17)25-15(3)22)26(23,24)18-10-8-14(2)9-11-18/h6,8-11,17H,4-5,7,12-13H2,1-3H3. The molecule has 140 valence electrons. The van der Waals surface area contributed by atoms with Gasteiger partial charge in [-0.25, -0.2) is 8.42 Å². The van der Waals surface area contributed by atoms with Gasteiger partial charge in [0.15, 0.2) is 0 Å². The van der Waals surface area contributed by atoms with Crippen LogP contribution in [0.25, 0.3) is 0 Å². The third-order valence-electron chi connectivity index (χ3n) is 5.01. The Balaban J connectivity index is 2.00. The van der Waals surface area contributed by atoms with E-state index >= 15 is 0 Å². The minimum Gasteiger partial charge on any atom is -0.430 e. The van der Waals surface area contributed by atoms with Crippen LogP contribution in [0, 0.1) is 12.8 Å². The number of benzene rings is 1. The highest BCUT2D eigenvalue weighted by atomic mass is 32.2. The van der Waals surface area contributed by atoms with Crippen molar-refractivity contribution in [3.05, 3.63) is 52.8 Å². The summed E-state index contributed by atoms with van der Waals surface area (Å²) in [5.74, 6) is 0.136. The Bertz CT molecular complexity index is 866. The number of rotatable bonds is 4. The van der Waals surface area contributed by atoms with Gasteiger partial charge in [-0.15, -0.1) is 0 Å². The van der Waals surface area contributed by atoms with E-state index in [0.29, 0.717) is 12.3 Å². The van der Waals surface area contributed by atoms with Crippen molar-refractivity contribution in [2.45, 2.75) is 44.9 Å². The van der Waals surface area contributed by atoms with Crippen molar-refractivity contribution in [3.8, 4) is 0 Å². The molecule has 1 aromatic rings. The van der Waals surface area contributed by atoms with Gasteiger partial charge in [-0.1, -0.05) is 30.7 Å². The molecule has 26 heavy (non-hydrogen) atoms. The number of hydrogen-bond donors (Lipinski definition) is 0. The molecule has 1 atom stereocenters. The molecule has 1 aromatic carbocycles. The fourth-order valence-corrected chi connectivity index (χ4v) is 5.20. The van der Waals surface area contributed by atoms with Gasteiger partial charge in [-0.05, 0) is 49.5 Å². The van der Waals surface area contributed by atoms with E-state index in [9.17, 15) is 13.2 Å². The zero-order valence-electron chi connectivity index (χ0n) is 15.5. The van der Waals surface area contributed by atoms with Crippen LogP contribution in [0.15, 0.2) is 52.1 Å². The Hall–Kier alpha value is -1.92. The SMILES string of the molecule is CCC1=CCCC2CN(S(=O)(=O)c3ccc(C)cc3)CC(OC(C)=O)=C12. The minimum absolute atomic E-state index is 0.0678. The first-order valence-electron chi connectivity index (χ1n) is 9.00. The van der Waals surface area contributed by atoms with Crippen LogP contribution in [0.1, 0.15) is 38.7 Å². The highest BCUT2D eigenvalue weighted by molar-refractivity contribution is 7.89. The van der Waals surface area contributed by atoms with E-state index in [1.54, 1.807) is 24.3 Å². The lowest BCUT2D eigenvalue weighted by Crippen LogP contribution is -2.43. The molecule has 0 amide bonds. The first-order valence-corrected chi connectivity index (χ1v) is 10.4. The average Bonchev–Trinajstić information content (AvgIpc) is 2.60. The molecule has 0 aromatic heterocycles. The zero-order chi connectivity index (χ0) is 18.9. The fraction of sp³-hybridized carbons (Fsp3) is 0.450. The van der Waals surface area contributed by atoms with Crippen molar-refractivity contribution in [1.29, 1.82) is 0 Å². The molecule has 0 N–H and O–H groups in total. The highest BCUT2D eigenvalue weighted by Gasteiger charge is 2.38. The maximum absolute atomic E-state index is 13.1. The molecule has 3 rings (SSSR count). The van der Waals surface area contributed by atoms with Crippen molar-refractivity contribution in [2.75, 3.05) is 13.1 Å². The topological polar surface area (TPSA) is 63.7 Å². The van der Waals surface area contributed by atoms with Crippen LogP contribution in [-0.4, -0.2) is 31.8 Å². The molecule has 1 heterocycles. The van der Waals surface area contributed by atoms with Gasteiger partial charge in [0.1, 0.15) is 5.76 Å². The number of esters is 1. The normalized spacial score (nSPS) is 21.2. The van der Waals surface area contributed by atoms with Gasteiger partial charge in [-0.3, -0.25) is 4.79 Å². The summed E-state index contributed by atoms with van der Waals surface area (Å²) in [4.78, 5) is 11.9. The lowest BCUT2D eigenvalue weighted by atomic mass is 9.80. The number of sulfonamides is 1. The van der Waals surface area contributed by atoms with Crippen LogP contribution >= 0.6 is 0 Å². The summed E-state index contributed by atoms with van der Waals surface area (Å²) in [6, 6.07) is 6.86. The van der Waals surface area contributed by atoms with E-state index < -0.39 is 16.0 Å². The van der Waals surface area contributed by atoms with E-state index in [0.717, 1.165) is 30.4 Å². The largest absolute Gasteiger partial charge is 0.430 e. The quantitative estimate of drug-likeness (QED) is 0.755. The van der Waals surface area contributed by atoms with Gasteiger partial charge < -0.3 is 4.74 Å². The number of fused-ring (bicyclic) bond motifs is 1. The molecule has 0 saturated carbocycles. The van der Waals surface area contributed by atoms with Crippen molar-refractivity contribution in [3.63, 3.8) is 0 Å². The third kappa shape index (κ3) is 3.62. The van der Waals surface area contributed by atoms with E-state index in [4.69, 9.17) is 4.74 Å². The monoisotopic (exact) mass is 375 g/mol. The number of hydrogen-bond acceptors (Lipinski definition) is 4. The maximum Gasteiger partial charge on any atom is 0.307 e. The Labute approximate surface area is 155 Å². The summed E-state index contributed by atoms with van der Waals surface area (Å²) in [5, 5.41) is 0. The van der Waals surface area contributed by atoms with E-state index in [1.165, 1.54) is 16.8 Å². The molecule has 1 aliphatic heterocycles. The molecule has 1 unspecified atom stereocenters. The predicted molar refractivity (Wildman–Crippen MR) is 99.8 cm³/mol. The second-order valence-corrected chi connectivity index (χ2v) is 8.84. The summed E-state index contributed by atoms with van der Waals surface area (Å²) in [7, 11) is -3.63. The molecule has 0 bridgehead atoms. The summed E-state index contributed by atoms with van der Waals surface area (Å²) in [5.41, 5.74) is 3.21. The summed E-state index contributed by atoms with van der Waals surface area (Å²) >= 11 is 0. The first kappa shape index (κ1) is 18.9. The van der Waals surface area contributed by atoms with E-state index in [-0.39, 0.29) is 17.4 Å². The van der Waals surface area contributed by atoms with Gasteiger partial charge in [0, 0.05) is 19.4 Å². The number of aryl methyl sites for hydroxylation is 1. The Kier molecular flexibility index (Phi) is 5.34. The number of carbonyl (C=O) groups excluding carboxylic acids is 1. The molecular weight excluding hydrogens is 350 g/mol. The van der Waals surface area contributed by atoms with Gasteiger partial charge in [0.2, 0.25) is 10.0 Å². The predicted octanol–water partition coefficient (Wildman–Crippen LogP) is 3.56. The van der Waals surface area contributed by atoms with Crippen LogP contribution in [0.2, 0.25) is 0 Å². The molecule has 0 spiro atoms. The van der Waals surface area contributed by atoms with Crippen LogP contribution < -0.4 is 0 Å². The zero-order valence-corrected chi connectivity index (χ0v) is 16.3. The van der Waals surface area contributed by atoms with Crippen molar-refractivity contribution < 1.29 is 17.9 Å². The molecule has 0 saturated heterocycles. The van der Waals surface area contributed by atoms with Crippen LogP contribution in [0.4, 0.5) is 0 Å². The molecule has 1 aliphatic carbocycles. The van der Waals surface area contributed by atoms with Crippen molar-refractivity contribution in [1.82, 2.24) is 4.31 Å². The molecule has 6 heteroatoms. The number of nitrogens with zero attached hydrogens (tertiary/aromatic N) is 1. The van der Waals surface area contributed by atoms with E-state index in [1.807, 2.05) is 6.92 Å². The number of carbonyl (C=O) groups is 1. The van der Waals surface area contributed by atoms with Crippen LogP contribution in [0.3, 0.4) is 0 Å². The summed E-state index contributed by atoms with van der Waals surface area (Å²) in [6.45, 7) is 5.87. The fourth-order valence-electron chi connectivity index (χ4n) is 3.76. The molecule has 2 aliphatic rings. The number of allylic oxidation sites excluding steroid dienone is 2. The minimum atomic E-state index is -3.63. The van der Waals surface area contributed by atoms with Crippen molar-refractivity contribution in [2.24, 2.45) is 5.92 Å². The maximum atomic E-state index is 13.1. The van der Waals surface area contributed by atoms with Gasteiger partial charge >= 0.3 is 5.97 Å². The third-order valence-corrected chi connectivity index (χ3v) is 6.84.